The van der Waals surface area contributed by atoms with Gasteiger partial charge in [0.2, 0.25) is 0 Å². The zero-order chi connectivity index (χ0) is 10.1. The Bertz CT molecular complexity index is 306. The summed E-state index contributed by atoms with van der Waals surface area (Å²) in [4.78, 5) is 0. The van der Waals surface area contributed by atoms with Crippen molar-refractivity contribution in [1.82, 2.24) is 0 Å². The topological polar surface area (TPSA) is 19.9 Å². The quantitative estimate of drug-likeness (QED) is 0.611. The third-order valence-corrected chi connectivity index (χ3v) is 1.54. The first-order valence-electron chi connectivity index (χ1n) is 3.39. The molecule has 1 nitrogen and oxygen atoms in total. The molecule has 13 heavy (non-hydrogen) atoms. The summed E-state index contributed by atoms with van der Waals surface area (Å²) < 4.78 is 49.0. The van der Waals surface area contributed by atoms with E-state index in [1.165, 1.54) is 0 Å². The highest BCUT2D eigenvalue weighted by molar-refractivity contribution is 5.30. The molecule has 0 aliphatic carbocycles. The van der Waals surface area contributed by atoms with Gasteiger partial charge in [-0.2, -0.15) is 13.2 Å². The Balaban J connectivity index is 3.32. The van der Waals surface area contributed by atoms with Crippen molar-refractivity contribution in [3.8, 4) is 0 Å². The van der Waals surface area contributed by atoms with Gasteiger partial charge >= 0.3 is 6.18 Å². The van der Waals surface area contributed by atoms with Gasteiger partial charge in [0.15, 0.2) is 0 Å². The van der Waals surface area contributed by atoms with Gasteiger partial charge in [0.1, 0.15) is 12.4 Å². The molecule has 1 aromatic rings. The zero-order valence-electron chi connectivity index (χ0n) is 6.36. The third kappa shape index (κ3) is 1.98. The van der Waals surface area contributed by atoms with Crippen LogP contribution in [-0.4, -0.2) is 0 Å². The fourth-order valence-corrected chi connectivity index (χ4v) is 1.01. The Kier molecular flexibility index (Phi) is 2.56. The summed E-state index contributed by atoms with van der Waals surface area (Å²) in [5.74, 6) is -1.40. The van der Waals surface area contributed by atoms with E-state index in [1.54, 1.807) is 0 Å². The van der Waals surface area contributed by atoms with E-state index in [-0.39, 0.29) is 0 Å². The van der Waals surface area contributed by atoms with Gasteiger partial charge in [0.05, 0.1) is 5.56 Å². The average molecular weight is 193 g/mol. The summed E-state index contributed by atoms with van der Waals surface area (Å²) in [6.07, 6.45) is -4.80. The highest BCUT2D eigenvalue weighted by Gasteiger charge is 2.36. The predicted octanol–water partition coefficient (Wildman–Crippen LogP) is 2.78. The van der Waals surface area contributed by atoms with E-state index in [0.29, 0.717) is 6.07 Å². The van der Waals surface area contributed by atoms with Gasteiger partial charge in [-0.1, -0.05) is 12.1 Å². The van der Waals surface area contributed by atoms with Crippen molar-refractivity contribution in [2.45, 2.75) is 12.8 Å². The van der Waals surface area contributed by atoms with Crippen molar-refractivity contribution >= 4 is 0 Å². The van der Waals surface area contributed by atoms with Crippen LogP contribution in [0.4, 0.5) is 17.6 Å². The standard InChI is InChI=1S/C8H5F4O/c9-6-3-1-2-5(4-13)7(6)8(10,11)12/h1-3H,4H2. The van der Waals surface area contributed by atoms with Crippen LogP contribution in [0, 0.1) is 5.82 Å². The maximum Gasteiger partial charge on any atom is 0.419 e. The zero-order valence-corrected chi connectivity index (χ0v) is 6.36. The fraction of sp³-hybridized carbons (Fsp3) is 0.250. The average Bonchev–Trinajstić information content (AvgIpc) is 2.01. The molecule has 0 aliphatic rings. The monoisotopic (exact) mass is 193 g/mol. The SMILES string of the molecule is [O]Cc1cccc(F)c1C(F)(F)F. The van der Waals surface area contributed by atoms with Crippen LogP contribution in [0.1, 0.15) is 11.1 Å². The molecule has 0 bridgehead atoms. The van der Waals surface area contributed by atoms with Crippen molar-refractivity contribution in [3.63, 3.8) is 0 Å². The molecule has 0 aliphatic heterocycles. The lowest BCUT2D eigenvalue weighted by atomic mass is 10.1. The van der Waals surface area contributed by atoms with Crippen molar-refractivity contribution in [2.24, 2.45) is 0 Å². The third-order valence-electron chi connectivity index (χ3n) is 1.54. The predicted molar refractivity (Wildman–Crippen MR) is 35.8 cm³/mol. The first-order chi connectivity index (χ1) is 5.96. The molecule has 0 fully saturated rings. The van der Waals surface area contributed by atoms with Crippen LogP contribution < -0.4 is 0 Å². The summed E-state index contributed by atoms with van der Waals surface area (Å²) >= 11 is 0. The van der Waals surface area contributed by atoms with Crippen LogP contribution in [0.2, 0.25) is 0 Å². The van der Waals surface area contributed by atoms with Gasteiger partial charge in [-0.05, 0) is 11.6 Å². The lowest BCUT2D eigenvalue weighted by Crippen LogP contribution is -2.11. The highest BCUT2D eigenvalue weighted by Crippen LogP contribution is 2.33. The van der Waals surface area contributed by atoms with Gasteiger partial charge in [0, 0.05) is 0 Å². The van der Waals surface area contributed by atoms with E-state index < -0.39 is 29.7 Å². The van der Waals surface area contributed by atoms with E-state index in [0.717, 1.165) is 12.1 Å². The van der Waals surface area contributed by atoms with Crippen molar-refractivity contribution in [2.75, 3.05) is 0 Å². The van der Waals surface area contributed by atoms with Gasteiger partial charge in [-0.3, -0.25) is 0 Å². The summed E-state index contributed by atoms with van der Waals surface area (Å²) in [7, 11) is 0. The highest BCUT2D eigenvalue weighted by atomic mass is 19.4. The minimum atomic E-state index is -4.80. The molecule has 0 saturated carbocycles. The Morgan fingerprint density at radius 3 is 2.23 bits per heavy atom. The second-order valence-electron chi connectivity index (χ2n) is 2.42. The van der Waals surface area contributed by atoms with Gasteiger partial charge in [0.25, 0.3) is 0 Å². The van der Waals surface area contributed by atoms with Gasteiger partial charge < -0.3 is 0 Å². The number of hydrogen-bond acceptors (Lipinski definition) is 0. The van der Waals surface area contributed by atoms with Gasteiger partial charge in [-0.15, -0.1) is 0 Å². The number of hydrogen-bond donors (Lipinski definition) is 0. The molecule has 1 rings (SSSR count). The van der Waals surface area contributed by atoms with Crippen LogP contribution >= 0.6 is 0 Å². The maximum atomic E-state index is 12.7. The van der Waals surface area contributed by atoms with Crippen LogP contribution in [0.3, 0.4) is 0 Å². The van der Waals surface area contributed by atoms with Crippen LogP contribution in [0.25, 0.3) is 0 Å². The lowest BCUT2D eigenvalue weighted by molar-refractivity contribution is -0.141. The van der Waals surface area contributed by atoms with Crippen molar-refractivity contribution in [1.29, 1.82) is 0 Å². The summed E-state index contributed by atoms with van der Waals surface area (Å²) in [6, 6.07) is 2.73. The van der Waals surface area contributed by atoms with Crippen LogP contribution in [0.5, 0.6) is 0 Å². The molecule has 0 aromatic heterocycles. The smallest absolute Gasteiger partial charge is 0.232 e. The van der Waals surface area contributed by atoms with Gasteiger partial charge in [-0.25, -0.2) is 9.50 Å². The Labute approximate surface area is 71.6 Å². The van der Waals surface area contributed by atoms with Crippen molar-refractivity contribution in [3.05, 3.63) is 35.1 Å². The first-order valence-corrected chi connectivity index (χ1v) is 3.39. The number of rotatable bonds is 1. The molecule has 0 N–H and O–H groups in total. The molecule has 1 aromatic carbocycles. The number of halogens is 4. The Morgan fingerprint density at radius 2 is 1.85 bits per heavy atom. The molecule has 1 radical (unpaired) electrons. The van der Waals surface area contributed by atoms with E-state index in [9.17, 15) is 22.7 Å². The Hall–Kier alpha value is -1.10. The second kappa shape index (κ2) is 3.33. The normalized spacial score (nSPS) is 11.8. The lowest BCUT2D eigenvalue weighted by Gasteiger charge is -2.10. The number of alkyl halides is 3. The largest absolute Gasteiger partial charge is 0.419 e. The van der Waals surface area contributed by atoms with E-state index in [1.807, 2.05) is 0 Å². The summed E-state index contributed by atoms with van der Waals surface area (Å²) in [6.45, 7) is -1.08. The van der Waals surface area contributed by atoms with Crippen LogP contribution in [0.15, 0.2) is 18.2 Å². The number of benzene rings is 1. The molecule has 0 atom stereocenters. The molecule has 0 spiro atoms. The molecule has 5 heteroatoms. The van der Waals surface area contributed by atoms with Crippen LogP contribution in [-0.2, 0) is 17.9 Å². The van der Waals surface area contributed by atoms with E-state index >= 15 is 0 Å². The molecule has 0 heterocycles. The van der Waals surface area contributed by atoms with E-state index in [4.69, 9.17) is 0 Å². The summed E-state index contributed by atoms with van der Waals surface area (Å²) in [5, 5.41) is 10.3. The molecule has 71 valence electrons. The molecular formula is C8H5F4O. The Morgan fingerprint density at radius 1 is 1.23 bits per heavy atom. The minimum absolute atomic E-state index is 0.562. The summed E-state index contributed by atoms with van der Waals surface area (Å²) in [5.41, 5.74) is -2.02. The maximum absolute atomic E-state index is 12.7. The minimum Gasteiger partial charge on any atom is -0.232 e. The first kappa shape index (κ1) is 9.98. The molecule has 0 unspecified atom stereocenters. The van der Waals surface area contributed by atoms with E-state index in [2.05, 4.69) is 0 Å². The second-order valence-corrected chi connectivity index (χ2v) is 2.42. The molecular weight excluding hydrogens is 188 g/mol. The molecule has 0 saturated heterocycles. The fourth-order valence-electron chi connectivity index (χ4n) is 1.01. The van der Waals surface area contributed by atoms with Crippen molar-refractivity contribution < 1.29 is 22.7 Å². The molecule has 0 amide bonds.